The lowest BCUT2D eigenvalue weighted by Gasteiger charge is -2.22. The summed E-state index contributed by atoms with van der Waals surface area (Å²) < 4.78 is 13.1. The van der Waals surface area contributed by atoms with E-state index in [9.17, 15) is 9.18 Å². The van der Waals surface area contributed by atoms with Crippen LogP contribution in [0.1, 0.15) is 5.01 Å². The van der Waals surface area contributed by atoms with Crippen molar-refractivity contribution in [1.82, 2.24) is 10.3 Å². The molecular formula is C22H21FN4OS. The van der Waals surface area contributed by atoms with Crippen LogP contribution in [0.25, 0.3) is 11.3 Å². The maximum absolute atomic E-state index is 13.1. The van der Waals surface area contributed by atoms with Gasteiger partial charge in [0.1, 0.15) is 5.82 Å². The number of thiazole rings is 1. The number of anilines is 2. The molecule has 0 spiro atoms. The van der Waals surface area contributed by atoms with Crippen LogP contribution in [0.4, 0.5) is 20.6 Å². The molecule has 1 unspecified atom stereocenters. The van der Waals surface area contributed by atoms with E-state index in [1.165, 1.54) is 12.1 Å². The van der Waals surface area contributed by atoms with Crippen molar-refractivity contribution in [2.24, 2.45) is 11.8 Å². The van der Waals surface area contributed by atoms with E-state index >= 15 is 0 Å². The number of nitrogens with one attached hydrogen (secondary N) is 2. The van der Waals surface area contributed by atoms with Crippen LogP contribution < -0.4 is 15.5 Å². The summed E-state index contributed by atoms with van der Waals surface area (Å²) in [5.74, 6) is 0.688. The first kappa shape index (κ1) is 18.1. The van der Waals surface area contributed by atoms with Crippen molar-refractivity contribution in [3.05, 3.63) is 64.7 Å². The normalized spacial score (nSPS) is 22.3. The van der Waals surface area contributed by atoms with Gasteiger partial charge in [-0.1, -0.05) is 12.1 Å². The fourth-order valence-corrected chi connectivity index (χ4v) is 4.80. The van der Waals surface area contributed by atoms with Crippen molar-refractivity contribution in [1.29, 1.82) is 0 Å². The first-order valence-corrected chi connectivity index (χ1v) is 10.6. The minimum atomic E-state index is -0.219. The zero-order valence-corrected chi connectivity index (χ0v) is 16.7. The van der Waals surface area contributed by atoms with Crippen molar-refractivity contribution in [2.75, 3.05) is 23.3 Å². The molecule has 5 nitrogen and oxygen atoms in total. The van der Waals surface area contributed by atoms with Crippen molar-refractivity contribution >= 4 is 28.7 Å². The molecule has 1 saturated heterocycles. The van der Waals surface area contributed by atoms with Gasteiger partial charge < -0.3 is 15.5 Å². The lowest BCUT2D eigenvalue weighted by Crippen LogP contribution is -2.37. The number of amides is 2. The van der Waals surface area contributed by atoms with Gasteiger partial charge >= 0.3 is 6.03 Å². The Balaban J connectivity index is 1.16. The van der Waals surface area contributed by atoms with Gasteiger partial charge in [-0.2, -0.15) is 0 Å². The number of carbonyl (C=O) groups excluding carboxylic acids is 1. The monoisotopic (exact) mass is 408 g/mol. The molecule has 0 radical (unpaired) electrons. The second kappa shape index (κ2) is 7.15. The maximum Gasteiger partial charge on any atom is 0.319 e. The fraction of sp³-hybridized carbons (Fsp3) is 0.273. The number of aromatic nitrogens is 1. The van der Waals surface area contributed by atoms with E-state index in [2.05, 4.69) is 20.5 Å². The van der Waals surface area contributed by atoms with Crippen LogP contribution in [-0.4, -0.2) is 30.1 Å². The average Bonchev–Trinajstić information content (AvgIpc) is 3.05. The highest BCUT2D eigenvalue weighted by atomic mass is 32.1. The van der Waals surface area contributed by atoms with Gasteiger partial charge in [-0.3, -0.25) is 0 Å². The van der Waals surface area contributed by atoms with Crippen molar-refractivity contribution in [3.63, 3.8) is 0 Å². The molecule has 5 rings (SSSR count). The Labute approximate surface area is 172 Å². The maximum atomic E-state index is 13.1. The van der Waals surface area contributed by atoms with Crippen molar-refractivity contribution in [2.45, 2.75) is 13.0 Å². The summed E-state index contributed by atoms with van der Waals surface area (Å²) in [5.41, 5.74) is 3.71. The van der Waals surface area contributed by atoms with Crippen LogP contribution in [0, 0.1) is 24.6 Å². The number of piperidine rings is 1. The third-order valence-electron chi connectivity index (χ3n) is 5.72. The summed E-state index contributed by atoms with van der Waals surface area (Å²) in [4.78, 5) is 19.2. The highest BCUT2D eigenvalue weighted by Crippen LogP contribution is 2.46. The lowest BCUT2D eigenvalue weighted by atomic mass is 10.1. The molecule has 3 atom stereocenters. The van der Waals surface area contributed by atoms with Crippen LogP contribution in [0.15, 0.2) is 53.9 Å². The van der Waals surface area contributed by atoms with Gasteiger partial charge in [0.15, 0.2) is 0 Å². The number of hydrogen-bond acceptors (Lipinski definition) is 4. The number of hydrogen-bond donors (Lipinski definition) is 2. The zero-order valence-electron chi connectivity index (χ0n) is 15.9. The molecular weight excluding hydrogens is 387 g/mol. The van der Waals surface area contributed by atoms with E-state index in [1.54, 1.807) is 11.3 Å². The molecule has 1 aliphatic carbocycles. The number of aryl methyl sites for hydroxylation is 1. The number of fused-ring (bicyclic) bond motifs is 1. The molecule has 1 aliphatic heterocycles. The standard InChI is InChI=1S/C22H21FN4OS/c1-13-24-20(12-29-13)14-3-2-4-16(9-14)25-22(28)26-21-18-10-27(11-19(18)21)17-7-5-15(23)6-8-17/h2-9,12,18-19,21H,10-11H2,1H3,(H2,25,26,28)/t18-,19+,21?. The topological polar surface area (TPSA) is 57.3 Å². The largest absolute Gasteiger partial charge is 0.371 e. The van der Waals surface area contributed by atoms with Gasteiger partial charge in [-0.05, 0) is 43.3 Å². The predicted octanol–water partition coefficient (Wildman–Crippen LogP) is 4.51. The summed E-state index contributed by atoms with van der Waals surface area (Å²) in [6.07, 6.45) is 0. The molecule has 3 aromatic rings. The van der Waals surface area contributed by atoms with E-state index in [0.717, 1.165) is 40.7 Å². The first-order chi connectivity index (χ1) is 14.1. The summed E-state index contributed by atoms with van der Waals surface area (Å²) in [7, 11) is 0. The molecule has 2 amide bonds. The molecule has 148 valence electrons. The van der Waals surface area contributed by atoms with Gasteiger partial charge in [0, 0.05) is 53.3 Å². The van der Waals surface area contributed by atoms with Gasteiger partial charge in [-0.25, -0.2) is 14.2 Å². The van der Waals surface area contributed by atoms with Crippen molar-refractivity contribution < 1.29 is 9.18 Å². The predicted molar refractivity (Wildman–Crippen MR) is 114 cm³/mol. The number of rotatable bonds is 4. The van der Waals surface area contributed by atoms with E-state index in [0.29, 0.717) is 11.8 Å². The molecule has 2 aliphatic rings. The first-order valence-electron chi connectivity index (χ1n) is 9.67. The van der Waals surface area contributed by atoms with Gasteiger partial charge in [0.2, 0.25) is 0 Å². The Bertz CT molecular complexity index is 1040. The van der Waals surface area contributed by atoms with Crippen molar-refractivity contribution in [3.8, 4) is 11.3 Å². The van der Waals surface area contributed by atoms with Crippen LogP contribution in [-0.2, 0) is 0 Å². The van der Waals surface area contributed by atoms with Crippen LogP contribution in [0.3, 0.4) is 0 Å². The number of carbonyl (C=O) groups is 1. The number of benzene rings is 2. The molecule has 2 aromatic carbocycles. The lowest BCUT2D eigenvalue weighted by molar-refractivity contribution is 0.250. The van der Waals surface area contributed by atoms with Crippen LogP contribution in [0.5, 0.6) is 0 Å². The van der Waals surface area contributed by atoms with E-state index in [4.69, 9.17) is 0 Å². The molecule has 2 N–H and O–H groups in total. The highest BCUT2D eigenvalue weighted by molar-refractivity contribution is 7.09. The zero-order chi connectivity index (χ0) is 20.0. The molecule has 29 heavy (non-hydrogen) atoms. The smallest absolute Gasteiger partial charge is 0.319 e. The SMILES string of the molecule is Cc1nc(-c2cccc(NC(=O)NC3[C@H]4CN(c5ccc(F)cc5)C[C@@H]34)c2)cs1. The minimum absolute atomic E-state index is 0.177. The molecule has 2 fully saturated rings. The Morgan fingerprint density at radius 2 is 1.93 bits per heavy atom. The Morgan fingerprint density at radius 3 is 2.62 bits per heavy atom. The summed E-state index contributed by atoms with van der Waals surface area (Å²) in [6.45, 7) is 3.76. The Morgan fingerprint density at radius 1 is 1.17 bits per heavy atom. The summed E-state index contributed by atoms with van der Waals surface area (Å²) in [5, 5.41) is 9.08. The van der Waals surface area contributed by atoms with E-state index < -0.39 is 0 Å². The summed E-state index contributed by atoms with van der Waals surface area (Å²) >= 11 is 1.61. The molecule has 1 aromatic heterocycles. The molecule has 0 bridgehead atoms. The molecule has 7 heteroatoms. The quantitative estimate of drug-likeness (QED) is 0.668. The molecule has 1 saturated carbocycles. The number of nitrogens with zero attached hydrogens (tertiary/aromatic N) is 2. The number of halogens is 1. The van der Waals surface area contributed by atoms with Crippen LogP contribution >= 0.6 is 11.3 Å². The number of urea groups is 1. The van der Waals surface area contributed by atoms with Gasteiger partial charge in [-0.15, -0.1) is 11.3 Å². The molecule has 2 heterocycles. The highest BCUT2D eigenvalue weighted by Gasteiger charge is 2.56. The minimum Gasteiger partial charge on any atom is -0.371 e. The van der Waals surface area contributed by atoms with E-state index in [1.807, 2.05) is 48.7 Å². The average molecular weight is 409 g/mol. The second-order valence-corrected chi connectivity index (χ2v) is 8.73. The van der Waals surface area contributed by atoms with Gasteiger partial charge in [0.25, 0.3) is 0 Å². The Hall–Kier alpha value is -2.93. The second-order valence-electron chi connectivity index (χ2n) is 7.67. The summed E-state index contributed by atoms with van der Waals surface area (Å²) in [6, 6.07) is 14.4. The Kier molecular flexibility index (Phi) is 4.47. The third-order valence-corrected chi connectivity index (χ3v) is 6.49. The van der Waals surface area contributed by atoms with E-state index in [-0.39, 0.29) is 17.9 Å². The van der Waals surface area contributed by atoms with Gasteiger partial charge in [0.05, 0.1) is 10.7 Å². The van der Waals surface area contributed by atoms with Crippen LogP contribution in [0.2, 0.25) is 0 Å². The third kappa shape index (κ3) is 3.70. The fourth-order valence-electron chi connectivity index (χ4n) is 4.17.